The third-order valence-electron chi connectivity index (χ3n) is 6.34. The van der Waals surface area contributed by atoms with E-state index in [2.05, 4.69) is 32.2 Å². The first-order chi connectivity index (χ1) is 18.0. The van der Waals surface area contributed by atoms with Crippen LogP contribution in [0.3, 0.4) is 0 Å². The number of nitrogens with one attached hydrogen (secondary N) is 1. The van der Waals surface area contributed by atoms with Gasteiger partial charge in [-0.2, -0.15) is 10.4 Å². The third kappa shape index (κ3) is 5.79. The molecule has 2 aromatic heterocycles. The Bertz CT molecular complexity index is 1470. The molecule has 2 aromatic carbocycles. The second kappa shape index (κ2) is 11.3. The molecule has 0 saturated carbocycles. The van der Waals surface area contributed by atoms with E-state index in [0.29, 0.717) is 26.9 Å². The fraction of sp³-hybridized carbons (Fsp3) is 0.250. The van der Waals surface area contributed by atoms with Crippen molar-refractivity contribution in [3.63, 3.8) is 0 Å². The molecule has 0 amide bonds. The van der Waals surface area contributed by atoms with Crippen LogP contribution in [0, 0.1) is 11.3 Å². The Hall–Kier alpha value is -3.41. The van der Waals surface area contributed by atoms with Crippen LogP contribution in [-0.4, -0.2) is 46.4 Å². The van der Waals surface area contributed by atoms with Crippen LogP contribution in [0.5, 0.6) is 5.75 Å². The lowest BCUT2D eigenvalue weighted by Gasteiger charge is -2.26. The Morgan fingerprint density at radius 1 is 1.14 bits per heavy atom. The maximum Gasteiger partial charge on any atom is 0.124 e. The molecule has 4 aromatic rings. The van der Waals surface area contributed by atoms with Gasteiger partial charge in [0.25, 0.3) is 0 Å². The molecular weight excluding hydrogens is 509 g/mol. The molecule has 0 aliphatic carbocycles. The Labute approximate surface area is 225 Å². The number of hydrogen-bond donors (Lipinski definition) is 1. The summed E-state index contributed by atoms with van der Waals surface area (Å²) < 4.78 is 11.6. The van der Waals surface area contributed by atoms with E-state index in [0.717, 1.165) is 60.6 Å². The lowest BCUT2D eigenvalue weighted by molar-refractivity contribution is 0.0342. The molecule has 0 radical (unpaired) electrons. The van der Waals surface area contributed by atoms with Crippen LogP contribution >= 0.6 is 23.2 Å². The van der Waals surface area contributed by atoms with Crippen LogP contribution in [0.2, 0.25) is 10.0 Å². The number of nitrogens with zero attached hydrogens (tertiary/aromatic N) is 4. The van der Waals surface area contributed by atoms with Crippen molar-refractivity contribution in [2.45, 2.75) is 19.6 Å². The van der Waals surface area contributed by atoms with Crippen molar-refractivity contribution in [1.29, 1.82) is 5.26 Å². The van der Waals surface area contributed by atoms with Crippen molar-refractivity contribution < 1.29 is 9.47 Å². The highest BCUT2D eigenvalue weighted by Crippen LogP contribution is 2.33. The number of hydrogen-bond acceptors (Lipinski definition) is 6. The zero-order valence-corrected chi connectivity index (χ0v) is 21.8. The molecule has 1 fully saturated rings. The average molecular weight is 534 g/mol. The molecule has 1 saturated heterocycles. The lowest BCUT2D eigenvalue weighted by atomic mass is 10.0. The van der Waals surface area contributed by atoms with Gasteiger partial charge in [0.15, 0.2) is 0 Å². The van der Waals surface area contributed by atoms with Crippen molar-refractivity contribution in [3.8, 4) is 11.8 Å². The minimum Gasteiger partial charge on any atom is -0.486 e. The number of aromatic amines is 1. The van der Waals surface area contributed by atoms with Gasteiger partial charge in [0.05, 0.1) is 46.1 Å². The quantitative estimate of drug-likeness (QED) is 0.300. The molecule has 188 valence electrons. The first kappa shape index (κ1) is 25.2. The number of pyridine rings is 1. The zero-order valence-electron chi connectivity index (χ0n) is 20.2. The van der Waals surface area contributed by atoms with Gasteiger partial charge in [-0.3, -0.25) is 15.0 Å². The monoisotopic (exact) mass is 533 g/mol. The Morgan fingerprint density at radius 2 is 1.92 bits per heavy atom. The summed E-state index contributed by atoms with van der Waals surface area (Å²) in [5.41, 5.74) is 4.89. The van der Waals surface area contributed by atoms with Gasteiger partial charge >= 0.3 is 0 Å². The predicted molar refractivity (Wildman–Crippen MR) is 146 cm³/mol. The molecule has 1 aliphatic heterocycles. The standard InChI is InChI=1S/C28H25Cl2N5O2/c1-18(28-24(29)15-32-16-25(28)30)37-22-5-7-27-23(13-22)26(33-34-27)6-4-20-3-2-19(12-21(20)14-31)17-35-8-10-36-11-9-35/h2-7,12-13,15-16,18H,8-11,17H2,1H3,(H,33,34)/b6-4+. The Morgan fingerprint density at radius 3 is 2.68 bits per heavy atom. The van der Waals surface area contributed by atoms with Crippen molar-refractivity contribution in [1.82, 2.24) is 20.1 Å². The van der Waals surface area contributed by atoms with Gasteiger partial charge in [0, 0.05) is 43.0 Å². The highest BCUT2D eigenvalue weighted by Gasteiger charge is 2.17. The minimum absolute atomic E-state index is 0.375. The number of morpholine rings is 1. The molecule has 0 bridgehead atoms. The largest absolute Gasteiger partial charge is 0.486 e. The van der Waals surface area contributed by atoms with E-state index in [4.69, 9.17) is 32.7 Å². The molecule has 37 heavy (non-hydrogen) atoms. The molecule has 3 heterocycles. The van der Waals surface area contributed by atoms with Crippen molar-refractivity contribution >= 4 is 46.3 Å². The number of benzene rings is 2. The van der Waals surface area contributed by atoms with E-state index in [9.17, 15) is 5.26 Å². The summed E-state index contributed by atoms with van der Waals surface area (Å²) in [5.74, 6) is 0.658. The second-order valence-electron chi connectivity index (χ2n) is 8.85. The maximum atomic E-state index is 9.75. The van der Waals surface area contributed by atoms with Crippen LogP contribution < -0.4 is 4.74 Å². The van der Waals surface area contributed by atoms with Crippen LogP contribution in [-0.2, 0) is 11.3 Å². The summed E-state index contributed by atoms with van der Waals surface area (Å²) in [7, 11) is 0. The van der Waals surface area contributed by atoms with Crippen molar-refractivity contribution in [3.05, 3.63) is 86.8 Å². The van der Waals surface area contributed by atoms with Gasteiger partial charge in [-0.15, -0.1) is 0 Å². The zero-order chi connectivity index (χ0) is 25.8. The number of H-pyrrole nitrogens is 1. The number of rotatable bonds is 7. The summed E-state index contributed by atoms with van der Waals surface area (Å²) in [6.45, 7) is 6.01. The van der Waals surface area contributed by atoms with E-state index in [-0.39, 0.29) is 6.10 Å². The fourth-order valence-corrected chi connectivity index (χ4v) is 5.09. The Kier molecular flexibility index (Phi) is 7.73. The summed E-state index contributed by atoms with van der Waals surface area (Å²) in [6.07, 6.45) is 6.55. The van der Waals surface area contributed by atoms with E-state index < -0.39 is 0 Å². The number of nitriles is 1. The fourth-order valence-electron chi connectivity index (χ4n) is 4.42. The Balaban J connectivity index is 1.35. The van der Waals surface area contributed by atoms with Crippen LogP contribution in [0.4, 0.5) is 0 Å². The summed E-state index contributed by atoms with van der Waals surface area (Å²) >= 11 is 12.6. The van der Waals surface area contributed by atoms with E-state index >= 15 is 0 Å². The van der Waals surface area contributed by atoms with Crippen LogP contribution in [0.1, 0.15) is 41.0 Å². The van der Waals surface area contributed by atoms with E-state index in [1.807, 2.05) is 49.4 Å². The highest BCUT2D eigenvalue weighted by molar-refractivity contribution is 6.35. The third-order valence-corrected chi connectivity index (χ3v) is 6.94. The van der Waals surface area contributed by atoms with Gasteiger partial charge in [0.1, 0.15) is 11.9 Å². The number of halogens is 2. The average Bonchev–Trinajstić information content (AvgIpc) is 3.30. The van der Waals surface area contributed by atoms with Crippen molar-refractivity contribution in [2.24, 2.45) is 0 Å². The smallest absolute Gasteiger partial charge is 0.124 e. The van der Waals surface area contributed by atoms with Gasteiger partial charge in [-0.25, -0.2) is 0 Å². The molecule has 7 nitrogen and oxygen atoms in total. The minimum atomic E-state index is -0.375. The maximum absolute atomic E-state index is 9.75. The molecule has 1 N–H and O–H groups in total. The molecule has 1 atom stereocenters. The van der Waals surface area contributed by atoms with Gasteiger partial charge in [0.2, 0.25) is 0 Å². The lowest BCUT2D eigenvalue weighted by Crippen LogP contribution is -2.35. The van der Waals surface area contributed by atoms with Crippen molar-refractivity contribution in [2.75, 3.05) is 26.3 Å². The first-order valence-electron chi connectivity index (χ1n) is 12.0. The van der Waals surface area contributed by atoms with Crippen LogP contribution in [0.15, 0.2) is 48.8 Å². The first-order valence-corrected chi connectivity index (χ1v) is 12.7. The number of ether oxygens (including phenoxy) is 2. The predicted octanol–water partition coefficient (Wildman–Crippen LogP) is 6.28. The second-order valence-corrected chi connectivity index (χ2v) is 9.66. The molecule has 9 heteroatoms. The normalized spacial score (nSPS) is 15.2. The highest BCUT2D eigenvalue weighted by atomic mass is 35.5. The van der Waals surface area contributed by atoms with Gasteiger partial charge in [-0.05, 0) is 48.4 Å². The van der Waals surface area contributed by atoms with E-state index in [1.165, 1.54) is 0 Å². The number of aromatic nitrogens is 3. The summed E-state index contributed by atoms with van der Waals surface area (Å²) in [4.78, 5) is 6.34. The molecular formula is C28H25Cl2N5O2. The molecule has 0 spiro atoms. The number of fused-ring (bicyclic) bond motifs is 1. The van der Waals surface area contributed by atoms with Gasteiger partial charge in [-0.1, -0.05) is 41.4 Å². The van der Waals surface area contributed by atoms with E-state index in [1.54, 1.807) is 12.4 Å². The summed E-state index contributed by atoms with van der Waals surface area (Å²) in [6, 6.07) is 14.1. The SMILES string of the molecule is CC(Oc1ccc2[nH]nc(/C=C/c3ccc(CN4CCOCC4)cc3C#N)c2c1)c1c(Cl)cncc1Cl. The summed E-state index contributed by atoms with van der Waals surface area (Å²) in [5, 5.41) is 19.1. The van der Waals surface area contributed by atoms with Gasteiger partial charge < -0.3 is 9.47 Å². The molecule has 1 unspecified atom stereocenters. The molecule has 5 rings (SSSR count). The van der Waals surface area contributed by atoms with Crippen LogP contribution in [0.25, 0.3) is 23.1 Å². The topological polar surface area (TPSA) is 87.1 Å². The molecule has 1 aliphatic rings.